The SMILES string of the molecule is COc1ccc(C(=O)N2CCCN2C(=O)Cn2c(=O)sc3ccccc32)c(OC)n1. The topological polar surface area (TPSA) is 94.0 Å². The molecule has 1 aliphatic rings. The molecule has 2 aromatic heterocycles. The van der Waals surface area contributed by atoms with Gasteiger partial charge in [-0.2, -0.15) is 4.98 Å². The molecular weight excluding hydrogens is 408 g/mol. The fourth-order valence-corrected chi connectivity index (χ4v) is 4.35. The van der Waals surface area contributed by atoms with Crippen LogP contribution < -0.4 is 14.3 Å². The van der Waals surface area contributed by atoms with Crippen LogP contribution in [0.1, 0.15) is 16.8 Å². The Hall–Kier alpha value is -3.40. The Morgan fingerprint density at radius 1 is 1.07 bits per heavy atom. The lowest BCUT2D eigenvalue weighted by molar-refractivity contribution is -0.141. The number of aromatic nitrogens is 2. The van der Waals surface area contributed by atoms with Crippen LogP contribution in [0.2, 0.25) is 0 Å². The van der Waals surface area contributed by atoms with Gasteiger partial charge in [0.25, 0.3) is 11.8 Å². The van der Waals surface area contributed by atoms with Crippen molar-refractivity contribution < 1.29 is 19.1 Å². The summed E-state index contributed by atoms with van der Waals surface area (Å²) in [5.41, 5.74) is 0.940. The van der Waals surface area contributed by atoms with Crippen molar-refractivity contribution in [1.29, 1.82) is 0 Å². The zero-order valence-electron chi connectivity index (χ0n) is 16.5. The van der Waals surface area contributed by atoms with E-state index in [1.165, 1.54) is 28.8 Å². The summed E-state index contributed by atoms with van der Waals surface area (Å²) in [7, 11) is 2.89. The molecule has 4 rings (SSSR count). The van der Waals surface area contributed by atoms with Gasteiger partial charge in [-0.05, 0) is 24.6 Å². The van der Waals surface area contributed by atoms with E-state index >= 15 is 0 Å². The van der Waals surface area contributed by atoms with E-state index in [4.69, 9.17) is 9.47 Å². The summed E-state index contributed by atoms with van der Waals surface area (Å²) in [4.78, 5) is 42.4. The van der Waals surface area contributed by atoms with E-state index < -0.39 is 5.91 Å². The number of hydrazine groups is 1. The van der Waals surface area contributed by atoms with Crippen molar-refractivity contribution in [2.75, 3.05) is 27.3 Å². The van der Waals surface area contributed by atoms with E-state index in [9.17, 15) is 14.4 Å². The quantitative estimate of drug-likeness (QED) is 0.615. The third-order valence-electron chi connectivity index (χ3n) is 4.89. The highest BCUT2D eigenvalue weighted by Crippen LogP contribution is 2.24. The number of thiazole rings is 1. The minimum Gasteiger partial charge on any atom is -0.481 e. The molecule has 0 atom stereocenters. The molecule has 0 aliphatic carbocycles. The number of methoxy groups -OCH3 is 2. The highest BCUT2D eigenvalue weighted by Gasteiger charge is 2.33. The van der Waals surface area contributed by atoms with Gasteiger partial charge < -0.3 is 9.47 Å². The number of hydrogen-bond donors (Lipinski definition) is 0. The number of amides is 2. The minimum atomic E-state index is -0.393. The second-order valence-electron chi connectivity index (χ2n) is 6.63. The summed E-state index contributed by atoms with van der Waals surface area (Å²) in [6.45, 7) is 0.650. The zero-order chi connectivity index (χ0) is 21.3. The fourth-order valence-electron chi connectivity index (χ4n) is 3.46. The number of carbonyl (C=O) groups is 2. The molecule has 1 saturated heterocycles. The van der Waals surface area contributed by atoms with Crippen LogP contribution in [0.5, 0.6) is 11.8 Å². The monoisotopic (exact) mass is 428 g/mol. The Kier molecular flexibility index (Phi) is 5.40. The number of fused-ring (bicyclic) bond motifs is 1. The number of ether oxygens (including phenoxy) is 2. The van der Waals surface area contributed by atoms with Crippen molar-refractivity contribution in [3.8, 4) is 11.8 Å². The molecular formula is C20H20N4O5S. The zero-order valence-corrected chi connectivity index (χ0v) is 17.3. The molecule has 10 heteroatoms. The largest absolute Gasteiger partial charge is 0.481 e. The number of hydrogen-bond acceptors (Lipinski definition) is 7. The van der Waals surface area contributed by atoms with Gasteiger partial charge in [0.2, 0.25) is 11.8 Å². The van der Waals surface area contributed by atoms with Crippen LogP contribution in [0.25, 0.3) is 10.2 Å². The van der Waals surface area contributed by atoms with Gasteiger partial charge in [-0.1, -0.05) is 23.5 Å². The Morgan fingerprint density at radius 2 is 1.83 bits per heavy atom. The van der Waals surface area contributed by atoms with E-state index in [2.05, 4.69) is 4.98 Å². The molecule has 1 aromatic carbocycles. The maximum absolute atomic E-state index is 13.1. The van der Waals surface area contributed by atoms with Crippen molar-refractivity contribution in [3.63, 3.8) is 0 Å². The van der Waals surface area contributed by atoms with Crippen molar-refractivity contribution in [3.05, 3.63) is 51.6 Å². The van der Waals surface area contributed by atoms with E-state index in [0.29, 0.717) is 30.9 Å². The second kappa shape index (κ2) is 8.15. The van der Waals surface area contributed by atoms with Crippen molar-refractivity contribution >= 4 is 33.4 Å². The van der Waals surface area contributed by atoms with Crippen LogP contribution in [0.3, 0.4) is 0 Å². The highest BCUT2D eigenvalue weighted by atomic mass is 32.1. The Labute approximate surface area is 176 Å². The predicted octanol–water partition coefficient (Wildman–Crippen LogP) is 1.76. The van der Waals surface area contributed by atoms with Crippen molar-refractivity contribution in [1.82, 2.24) is 19.6 Å². The highest BCUT2D eigenvalue weighted by molar-refractivity contribution is 7.16. The summed E-state index contributed by atoms with van der Waals surface area (Å²) in [6.07, 6.45) is 0.642. The third kappa shape index (κ3) is 3.50. The Balaban J connectivity index is 1.59. The molecule has 1 aliphatic heterocycles. The molecule has 2 amide bonds. The molecule has 0 radical (unpaired) electrons. The molecule has 0 unspecified atom stereocenters. The second-order valence-corrected chi connectivity index (χ2v) is 7.62. The third-order valence-corrected chi connectivity index (χ3v) is 5.85. The summed E-state index contributed by atoms with van der Waals surface area (Å²) >= 11 is 1.10. The lowest BCUT2D eigenvalue weighted by atomic mass is 10.2. The molecule has 3 aromatic rings. The maximum Gasteiger partial charge on any atom is 0.308 e. The van der Waals surface area contributed by atoms with Gasteiger partial charge in [-0.3, -0.25) is 19.0 Å². The summed E-state index contributed by atoms with van der Waals surface area (Å²) in [5, 5.41) is 2.78. The lowest BCUT2D eigenvalue weighted by Gasteiger charge is -2.28. The van der Waals surface area contributed by atoms with Gasteiger partial charge in [-0.15, -0.1) is 0 Å². The molecule has 0 bridgehead atoms. The molecule has 9 nitrogen and oxygen atoms in total. The Bertz CT molecular complexity index is 1170. The lowest BCUT2D eigenvalue weighted by Crippen LogP contribution is -2.46. The molecule has 156 valence electrons. The normalized spacial score (nSPS) is 13.7. The van der Waals surface area contributed by atoms with Gasteiger partial charge >= 0.3 is 4.87 Å². The fraction of sp³-hybridized carbons (Fsp3) is 0.300. The first-order valence-corrected chi connectivity index (χ1v) is 10.1. The first-order valence-electron chi connectivity index (χ1n) is 9.33. The Morgan fingerprint density at radius 3 is 2.60 bits per heavy atom. The van der Waals surface area contributed by atoms with Crippen LogP contribution >= 0.6 is 11.3 Å². The first kappa shape index (κ1) is 19.9. The predicted molar refractivity (Wildman–Crippen MR) is 111 cm³/mol. The van der Waals surface area contributed by atoms with Crippen LogP contribution in [-0.4, -0.2) is 58.7 Å². The number of pyridine rings is 1. The van der Waals surface area contributed by atoms with Gasteiger partial charge in [0, 0.05) is 19.2 Å². The van der Waals surface area contributed by atoms with E-state index in [1.54, 1.807) is 18.2 Å². The maximum atomic E-state index is 13.1. The van der Waals surface area contributed by atoms with E-state index in [1.807, 2.05) is 18.2 Å². The van der Waals surface area contributed by atoms with Crippen LogP contribution in [0, 0.1) is 0 Å². The van der Waals surface area contributed by atoms with E-state index in [-0.39, 0.29) is 28.8 Å². The van der Waals surface area contributed by atoms with Crippen LogP contribution in [-0.2, 0) is 11.3 Å². The number of nitrogens with zero attached hydrogens (tertiary/aromatic N) is 4. The molecule has 1 fully saturated rings. The summed E-state index contributed by atoms with van der Waals surface area (Å²) in [5.74, 6) is -0.275. The number of rotatable bonds is 5. The molecule has 3 heterocycles. The van der Waals surface area contributed by atoms with Gasteiger partial charge in [0.1, 0.15) is 12.1 Å². The average Bonchev–Trinajstić information content (AvgIpc) is 3.38. The first-order chi connectivity index (χ1) is 14.5. The van der Waals surface area contributed by atoms with Crippen LogP contribution in [0.15, 0.2) is 41.2 Å². The van der Waals surface area contributed by atoms with Crippen LogP contribution in [0.4, 0.5) is 0 Å². The average molecular weight is 428 g/mol. The number of benzene rings is 1. The number of para-hydroxylation sites is 1. The smallest absolute Gasteiger partial charge is 0.308 e. The van der Waals surface area contributed by atoms with Gasteiger partial charge in [0.05, 0.1) is 24.4 Å². The molecule has 0 spiro atoms. The van der Waals surface area contributed by atoms with Gasteiger partial charge in [0.15, 0.2) is 0 Å². The molecule has 30 heavy (non-hydrogen) atoms. The van der Waals surface area contributed by atoms with Gasteiger partial charge in [-0.25, -0.2) is 10.0 Å². The summed E-state index contributed by atoms with van der Waals surface area (Å²) in [6, 6.07) is 10.4. The van der Waals surface area contributed by atoms with Crippen molar-refractivity contribution in [2.45, 2.75) is 13.0 Å². The summed E-state index contributed by atoms with van der Waals surface area (Å²) < 4.78 is 12.6. The molecule has 0 N–H and O–H groups in total. The standard InChI is InChI=1S/C20H20N4O5S/c1-28-16-9-8-13(18(21-16)29-2)19(26)24-11-5-10-23(24)17(25)12-22-14-6-3-4-7-15(14)30-20(22)27/h3-4,6-9H,5,10-12H2,1-2H3. The number of carbonyl (C=O) groups excluding carboxylic acids is 2. The molecule has 0 saturated carbocycles. The van der Waals surface area contributed by atoms with E-state index in [0.717, 1.165) is 16.0 Å². The van der Waals surface area contributed by atoms with Crippen molar-refractivity contribution in [2.24, 2.45) is 0 Å². The minimum absolute atomic E-state index is 0.124.